The molecule has 2 unspecified atom stereocenters. The molecule has 0 aromatic heterocycles. The van der Waals surface area contributed by atoms with Crippen molar-refractivity contribution in [2.45, 2.75) is 91.0 Å². The van der Waals surface area contributed by atoms with E-state index in [-0.39, 0.29) is 0 Å². The van der Waals surface area contributed by atoms with Crippen molar-refractivity contribution in [3.63, 3.8) is 0 Å². The molecule has 2 atom stereocenters. The van der Waals surface area contributed by atoms with Gasteiger partial charge in [0, 0.05) is 6.04 Å². The van der Waals surface area contributed by atoms with Crippen molar-refractivity contribution >= 4 is 0 Å². The van der Waals surface area contributed by atoms with Crippen LogP contribution in [0.15, 0.2) is 0 Å². The molecule has 1 aliphatic rings. The van der Waals surface area contributed by atoms with Gasteiger partial charge in [-0.15, -0.1) is 0 Å². The zero-order valence-electron chi connectivity index (χ0n) is 13.0. The highest BCUT2D eigenvalue weighted by Crippen LogP contribution is 2.28. The third-order valence-electron chi connectivity index (χ3n) is 4.66. The first-order valence-corrected chi connectivity index (χ1v) is 8.49. The van der Waals surface area contributed by atoms with Crippen molar-refractivity contribution in [3.05, 3.63) is 0 Å². The van der Waals surface area contributed by atoms with E-state index in [0.717, 1.165) is 17.9 Å². The fourth-order valence-corrected chi connectivity index (χ4v) is 3.27. The largest absolute Gasteiger partial charge is 0.314 e. The predicted molar refractivity (Wildman–Crippen MR) is 82.0 cm³/mol. The average molecular weight is 253 g/mol. The van der Waals surface area contributed by atoms with Crippen LogP contribution in [0.1, 0.15) is 85.0 Å². The minimum atomic E-state index is 0.781. The minimum Gasteiger partial charge on any atom is -0.314 e. The molecule has 1 N–H and O–H groups in total. The van der Waals surface area contributed by atoms with E-state index in [2.05, 4.69) is 26.1 Å². The molecule has 0 aliphatic heterocycles. The van der Waals surface area contributed by atoms with E-state index in [4.69, 9.17) is 0 Å². The van der Waals surface area contributed by atoms with Crippen LogP contribution in [0.4, 0.5) is 0 Å². The Morgan fingerprint density at radius 1 is 1.06 bits per heavy atom. The van der Waals surface area contributed by atoms with E-state index in [0.29, 0.717) is 0 Å². The van der Waals surface area contributed by atoms with E-state index in [1.807, 2.05) is 0 Å². The molecule has 0 aromatic carbocycles. The lowest BCUT2D eigenvalue weighted by Gasteiger charge is -2.26. The predicted octanol–water partition coefficient (Wildman–Crippen LogP) is 5.15. The summed E-state index contributed by atoms with van der Waals surface area (Å²) >= 11 is 0. The van der Waals surface area contributed by atoms with Crippen LogP contribution in [0.2, 0.25) is 0 Å². The van der Waals surface area contributed by atoms with Crippen LogP contribution in [0.3, 0.4) is 0 Å². The van der Waals surface area contributed by atoms with Crippen LogP contribution >= 0.6 is 0 Å². The van der Waals surface area contributed by atoms with E-state index in [1.54, 1.807) is 0 Å². The molecule has 1 nitrogen and oxygen atoms in total. The monoisotopic (exact) mass is 253 g/mol. The van der Waals surface area contributed by atoms with E-state index in [1.165, 1.54) is 70.8 Å². The van der Waals surface area contributed by atoms with Gasteiger partial charge >= 0.3 is 0 Å². The Labute approximate surface area is 115 Å². The van der Waals surface area contributed by atoms with Crippen LogP contribution < -0.4 is 5.32 Å². The van der Waals surface area contributed by atoms with Crippen molar-refractivity contribution in [2.75, 3.05) is 6.54 Å². The standard InChI is InChI=1S/C17H35N/c1-4-12-18-17(13-15(3)5-2)14-16-10-8-6-7-9-11-16/h15-18H,4-14H2,1-3H3. The van der Waals surface area contributed by atoms with Gasteiger partial charge < -0.3 is 5.32 Å². The number of rotatable bonds is 8. The summed E-state index contributed by atoms with van der Waals surface area (Å²) in [5.74, 6) is 1.89. The highest BCUT2D eigenvalue weighted by molar-refractivity contribution is 4.75. The van der Waals surface area contributed by atoms with Crippen LogP contribution in [0.25, 0.3) is 0 Å². The van der Waals surface area contributed by atoms with E-state index >= 15 is 0 Å². The Kier molecular flexibility index (Phi) is 8.75. The van der Waals surface area contributed by atoms with Crippen molar-refractivity contribution in [2.24, 2.45) is 11.8 Å². The highest BCUT2D eigenvalue weighted by atomic mass is 14.9. The average Bonchev–Trinajstić information content (AvgIpc) is 2.64. The molecule has 0 heterocycles. The molecule has 0 saturated heterocycles. The molecule has 1 aliphatic carbocycles. The molecule has 0 bridgehead atoms. The molecule has 1 rings (SSSR count). The van der Waals surface area contributed by atoms with Crippen LogP contribution in [0.5, 0.6) is 0 Å². The second-order valence-corrected chi connectivity index (χ2v) is 6.49. The van der Waals surface area contributed by atoms with Crippen LogP contribution in [-0.4, -0.2) is 12.6 Å². The number of hydrogen-bond donors (Lipinski definition) is 1. The van der Waals surface area contributed by atoms with Gasteiger partial charge in [0.05, 0.1) is 0 Å². The molecule has 0 spiro atoms. The quantitative estimate of drug-likeness (QED) is 0.590. The molecule has 1 fully saturated rings. The van der Waals surface area contributed by atoms with Crippen LogP contribution in [-0.2, 0) is 0 Å². The van der Waals surface area contributed by atoms with Crippen LogP contribution in [0, 0.1) is 11.8 Å². The second-order valence-electron chi connectivity index (χ2n) is 6.49. The SMILES string of the molecule is CCCNC(CC(C)CC)CC1CCCCCC1. The molecule has 1 saturated carbocycles. The van der Waals surface area contributed by atoms with Crippen molar-refractivity contribution < 1.29 is 0 Å². The van der Waals surface area contributed by atoms with E-state index < -0.39 is 0 Å². The summed E-state index contributed by atoms with van der Waals surface area (Å²) in [5.41, 5.74) is 0. The smallest absolute Gasteiger partial charge is 0.00722 e. The van der Waals surface area contributed by atoms with Gasteiger partial charge in [-0.1, -0.05) is 65.7 Å². The first kappa shape index (κ1) is 16.0. The Hall–Kier alpha value is -0.0400. The summed E-state index contributed by atoms with van der Waals surface area (Å²) in [6.45, 7) is 8.22. The summed E-state index contributed by atoms with van der Waals surface area (Å²) in [4.78, 5) is 0. The van der Waals surface area contributed by atoms with Gasteiger partial charge in [0.1, 0.15) is 0 Å². The van der Waals surface area contributed by atoms with Crippen molar-refractivity contribution in [1.82, 2.24) is 5.32 Å². The molecule has 108 valence electrons. The van der Waals surface area contributed by atoms with Crippen molar-refractivity contribution in [3.8, 4) is 0 Å². The fraction of sp³-hybridized carbons (Fsp3) is 1.00. The van der Waals surface area contributed by atoms with Gasteiger partial charge in [-0.2, -0.15) is 0 Å². The lowest BCUT2D eigenvalue weighted by Crippen LogP contribution is -2.33. The zero-order valence-corrected chi connectivity index (χ0v) is 13.0. The third-order valence-corrected chi connectivity index (χ3v) is 4.66. The molecule has 0 amide bonds. The normalized spacial score (nSPS) is 21.5. The van der Waals surface area contributed by atoms with Gasteiger partial charge in [0.25, 0.3) is 0 Å². The zero-order chi connectivity index (χ0) is 13.2. The van der Waals surface area contributed by atoms with E-state index in [9.17, 15) is 0 Å². The van der Waals surface area contributed by atoms with Crippen molar-refractivity contribution in [1.29, 1.82) is 0 Å². The Morgan fingerprint density at radius 3 is 2.28 bits per heavy atom. The molecular weight excluding hydrogens is 218 g/mol. The lowest BCUT2D eigenvalue weighted by atomic mass is 9.88. The molecule has 0 aromatic rings. The third kappa shape index (κ3) is 6.78. The fourth-order valence-electron chi connectivity index (χ4n) is 3.27. The highest BCUT2D eigenvalue weighted by Gasteiger charge is 2.19. The topological polar surface area (TPSA) is 12.0 Å². The van der Waals surface area contributed by atoms with Gasteiger partial charge in [-0.05, 0) is 37.6 Å². The van der Waals surface area contributed by atoms with Gasteiger partial charge in [0.2, 0.25) is 0 Å². The Balaban J connectivity index is 2.37. The Morgan fingerprint density at radius 2 is 1.72 bits per heavy atom. The van der Waals surface area contributed by atoms with Gasteiger partial charge in [-0.3, -0.25) is 0 Å². The first-order chi connectivity index (χ1) is 8.76. The second kappa shape index (κ2) is 9.83. The number of hydrogen-bond acceptors (Lipinski definition) is 1. The first-order valence-electron chi connectivity index (χ1n) is 8.49. The lowest BCUT2D eigenvalue weighted by molar-refractivity contribution is 0.308. The summed E-state index contributed by atoms with van der Waals surface area (Å²) in [7, 11) is 0. The van der Waals surface area contributed by atoms with Gasteiger partial charge in [-0.25, -0.2) is 0 Å². The summed E-state index contributed by atoms with van der Waals surface area (Å²) in [5, 5.41) is 3.80. The maximum atomic E-state index is 3.80. The number of nitrogens with one attached hydrogen (secondary N) is 1. The van der Waals surface area contributed by atoms with Gasteiger partial charge in [0.15, 0.2) is 0 Å². The summed E-state index contributed by atoms with van der Waals surface area (Å²) in [6, 6.07) is 0.781. The maximum Gasteiger partial charge on any atom is 0.00722 e. The molecule has 18 heavy (non-hydrogen) atoms. The summed E-state index contributed by atoms with van der Waals surface area (Å²) in [6.07, 6.45) is 14.3. The molecule has 1 heteroatoms. The summed E-state index contributed by atoms with van der Waals surface area (Å²) < 4.78 is 0. The molecular formula is C17H35N. The maximum absolute atomic E-state index is 3.80. The Bertz CT molecular complexity index is 182. The molecule has 0 radical (unpaired) electrons. The minimum absolute atomic E-state index is 0.781.